The van der Waals surface area contributed by atoms with Crippen LogP contribution in [0.1, 0.15) is 71.4 Å². The fraction of sp³-hybridized carbons (Fsp3) is 0.344. The second-order valence-corrected chi connectivity index (χ2v) is 13.9. The number of thiazole rings is 1. The van der Waals surface area contributed by atoms with Crippen LogP contribution in [0.2, 0.25) is 0 Å². The number of carboxylic acid groups (broad SMARTS) is 1. The summed E-state index contributed by atoms with van der Waals surface area (Å²) in [4.78, 5) is 15.2. The van der Waals surface area contributed by atoms with E-state index in [1.807, 2.05) is 0 Å². The van der Waals surface area contributed by atoms with E-state index in [-0.39, 0.29) is 23.6 Å². The van der Waals surface area contributed by atoms with Crippen molar-refractivity contribution in [3.05, 3.63) is 81.5 Å². The Morgan fingerprint density at radius 2 is 1.87 bits per heavy atom. The van der Waals surface area contributed by atoms with E-state index in [1.54, 1.807) is 4.68 Å². The number of primary sulfonamides is 1. The fourth-order valence-electron chi connectivity index (χ4n) is 5.70. The summed E-state index contributed by atoms with van der Waals surface area (Å²) in [6, 6.07) is 7.92. The van der Waals surface area contributed by atoms with Crippen molar-refractivity contribution in [1.82, 2.24) is 14.8 Å². The first kappa shape index (κ1) is 31.0. The quantitative estimate of drug-likeness (QED) is 0.212. The zero-order valence-corrected chi connectivity index (χ0v) is 25.6. The lowest BCUT2D eigenvalue weighted by Gasteiger charge is -2.10. The Kier molecular flexibility index (Phi) is 8.56. The van der Waals surface area contributed by atoms with Gasteiger partial charge in [-0.2, -0.15) is 5.10 Å². The highest BCUT2D eigenvalue weighted by atomic mass is 32.2. The van der Waals surface area contributed by atoms with Gasteiger partial charge in [-0.05, 0) is 73.9 Å². The molecule has 234 valence electrons. The maximum Gasteiger partial charge on any atom is 0.355 e. The number of sulfonamides is 1. The number of rotatable bonds is 9. The highest BCUT2D eigenvalue weighted by molar-refractivity contribution is 7.89. The summed E-state index contributed by atoms with van der Waals surface area (Å²) in [5, 5.41) is 21.2. The van der Waals surface area contributed by atoms with Crippen LogP contribution in [-0.4, -0.2) is 40.4 Å². The summed E-state index contributed by atoms with van der Waals surface area (Å²) in [5.74, 6) is 2.64. The first-order valence-electron chi connectivity index (χ1n) is 14.5. The maximum absolute atomic E-state index is 14.9. The number of aromatic carboxylic acids is 1. The monoisotopic (exact) mass is 654 g/mol. The summed E-state index contributed by atoms with van der Waals surface area (Å²) in [6.07, 6.45) is 4.70. The van der Waals surface area contributed by atoms with Crippen LogP contribution in [0.3, 0.4) is 0 Å². The maximum atomic E-state index is 14.9. The molecule has 2 heterocycles. The number of aromatic nitrogens is 3. The minimum absolute atomic E-state index is 0.00310. The number of hydrogen-bond donors (Lipinski definition) is 2. The first-order chi connectivity index (χ1) is 21.5. The van der Waals surface area contributed by atoms with Crippen LogP contribution in [0, 0.1) is 35.3 Å². The molecular weight excluding hydrogens is 626 g/mol. The van der Waals surface area contributed by atoms with Gasteiger partial charge in [-0.1, -0.05) is 30.7 Å². The summed E-state index contributed by atoms with van der Waals surface area (Å²) < 4.78 is 69.7. The van der Waals surface area contributed by atoms with Crippen LogP contribution < -0.4 is 5.14 Å². The number of carboxylic acids is 1. The van der Waals surface area contributed by atoms with Crippen molar-refractivity contribution in [3.63, 3.8) is 0 Å². The minimum atomic E-state index is -4.27. The Balaban J connectivity index is 1.48. The third-order valence-electron chi connectivity index (χ3n) is 8.24. The number of halogens is 3. The van der Waals surface area contributed by atoms with Gasteiger partial charge in [0.2, 0.25) is 15.2 Å². The number of nitrogens with zero attached hydrogens (tertiary/aromatic N) is 3. The zero-order valence-electron chi connectivity index (χ0n) is 24.0. The van der Waals surface area contributed by atoms with E-state index in [4.69, 9.17) is 10.2 Å². The lowest BCUT2D eigenvalue weighted by Crippen LogP contribution is -2.14. The van der Waals surface area contributed by atoms with E-state index in [9.17, 15) is 31.5 Å². The SMILES string of the molecule is NS(=O)(=O)c1ccc(Cc2c(-c3ccc(F)c(C#CC(F)C4CCCC4)c3)nn(-c3nc(C(=O)O)cs3)c2CC2CC2)cc1F. The molecule has 1 unspecified atom stereocenters. The van der Waals surface area contributed by atoms with Gasteiger partial charge in [0.1, 0.15) is 16.5 Å². The van der Waals surface area contributed by atoms with Crippen LogP contribution >= 0.6 is 11.3 Å². The predicted molar refractivity (Wildman–Crippen MR) is 162 cm³/mol. The molecule has 8 nitrogen and oxygen atoms in total. The molecule has 0 radical (unpaired) electrons. The minimum Gasteiger partial charge on any atom is -0.476 e. The Morgan fingerprint density at radius 3 is 2.51 bits per heavy atom. The zero-order chi connectivity index (χ0) is 31.9. The largest absolute Gasteiger partial charge is 0.476 e. The Bertz CT molecular complexity index is 1950. The molecule has 2 saturated carbocycles. The van der Waals surface area contributed by atoms with Gasteiger partial charge in [0.15, 0.2) is 11.9 Å². The van der Waals surface area contributed by atoms with E-state index in [0.717, 1.165) is 67.7 Å². The molecule has 0 amide bonds. The third-order valence-corrected chi connectivity index (χ3v) is 10.0. The summed E-state index contributed by atoms with van der Waals surface area (Å²) in [5.41, 5.74) is 2.54. The van der Waals surface area contributed by atoms with Crippen LogP contribution in [0.5, 0.6) is 0 Å². The number of benzene rings is 2. The van der Waals surface area contributed by atoms with Crippen LogP contribution in [0.15, 0.2) is 46.7 Å². The fourth-order valence-corrected chi connectivity index (χ4v) is 7.06. The topological polar surface area (TPSA) is 128 Å². The van der Waals surface area contributed by atoms with E-state index < -0.39 is 38.7 Å². The molecule has 13 heteroatoms. The average Bonchev–Trinajstić information content (AvgIpc) is 3.35. The van der Waals surface area contributed by atoms with Gasteiger partial charge in [0, 0.05) is 28.8 Å². The van der Waals surface area contributed by atoms with Crippen molar-refractivity contribution in [2.75, 3.05) is 0 Å². The van der Waals surface area contributed by atoms with Crippen LogP contribution in [-0.2, 0) is 22.9 Å². The lowest BCUT2D eigenvalue weighted by atomic mass is 9.96. The molecule has 0 spiro atoms. The smallest absolute Gasteiger partial charge is 0.355 e. The lowest BCUT2D eigenvalue weighted by molar-refractivity contribution is 0.0691. The normalized spacial score (nSPS) is 16.0. The Hall–Kier alpha value is -3.99. The number of hydrogen-bond acceptors (Lipinski definition) is 6. The summed E-state index contributed by atoms with van der Waals surface area (Å²) in [6.45, 7) is 0. The molecule has 2 aromatic heterocycles. The highest BCUT2D eigenvalue weighted by Crippen LogP contribution is 2.38. The molecule has 0 aliphatic heterocycles. The van der Waals surface area contributed by atoms with E-state index in [1.165, 1.54) is 29.6 Å². The highest BCUT2D eigenvalue weighted by Gasteiger charge is 2.30. The van der Waals surface area contributed by atoms with E-state index >= 15 is 0 Å². The Labute approximate surface area is 262 Å². The summed E-state index contributed by atoms with van der Waals surface area (Å²) >= 11 is 1.10. The third kappa shape index (κ3) is 6.83. The molecule has 4 aromatic rings. The number of carbonyl (C=O) groups is 1. The van der Waals surface area contributed by atoms with Gasteiger partial charge in [-0.15, -0.1) is 11.3 Å². The van der Waals surface area contributed by atoms with Gasteiger partial charge in [0.25, 0.3) is 0 Å². The predicted octanol–water partition coefficient (Wildman–Crippen LogP) is 6.04. The van der Waals surface area contributed by atoms with Gasteiger partial charge in [-0.25, -0.2) is 41.2 Å². The molecule has 2 aliphatic carbocycles. The molecule has 0 bridgehead atoms. The van der Waals surface area contributed by atoms with Gasteiger partial charge in [-0.3, -0.25) is 0 Å². The number of nitrogens with two attached hydrogens (primary N) is 1. The summed E-state index contributed by atoms with van der Waals surface area (Å²) in [7, 11) is -4.27. The van der Waals surface area contributed by atoms with Crippen molar-refractivity contribution in [2.45, 2.75) is 62.4 Å². The first-order valence-corrected chi connectivity index (χ1v) is 17.0. The molecule has 2 fully saturated rings. The number of alkyl halides is 1. The standard InChI is InChI=1S/C32H29F3N4O4S2/c33-24(20-3-1-2-4-20)10-8-21-16-22(9-11-25(21)34)30-23(13-19-7-12-29(26(35)14-19)45(36,42)43)28(15-18-5-6-18)39(38-30)32-37-27(17-44-32)31(40)41/h7,9,11-12,14,16-18,20,24H,1-6,13,15H2,(H,40,41)(H2,36,42,43). The van der Waals surface area contributed by atoms with Crippen LogP contribution in [0.25, 0.3) is 16.4 Å². The molecule has 2 aliphatic rings. The molecule has 2 aromatic carbocycles. The molecule has 45 heavy (non-hydrogen) atoms. The average molecular weight is 655 g/mol. The van der Waals surface area contributed by atoms with Gasteiger partial charge < -0.3 is 5.11 Å². The van der Waals surface area contributed by atoms with Crippen LogP contribution in [0.4, 0.5) is 13.2 Å². The van der Waals surface area contributed by atoms with Gasteiger partial charge in [0.05, 0.1) is 17.0 Å². The second-order valence-electron chi connectivity index (χ2n) is 11.6. The second kappa shape index (κ2) is 12.4. The van der Waals surface area contributed by atoms with E-state index in [2.05, 4.69) is 16.8 Å². The molecule has 6 rings (SSSR count). The van der Waals surface area contributed by atoms with Crippen molar-refractivity contribution in [1.29, 1.82) is 0 Å². The molecular formula is C32H29F3N4O4S2. The molecule has 0 saturated heterocycles. The van der Waals surface area contributed by atoms with Crippen molar-refractivity contribution < 1.29 is 31.5 Å². The molecule has 1 atom stereocenters. The van der Waals surface area contributed by atoms with Gasteiger partial charge >= 0.3 is 5.97 Å². The van der Waals surface area contributed by atoms with Crippen molar-refractivity contribution >= 4 is 27.3 Å². The van der Waals surface area contributed by atoms with Crippen molar-refractivity contribution in [2.24, 2.45) is 17.0 Å². The molecule has 3 N–H and O–H groups in total. The van der Waals surface area contributed by atoms with Crippen molar-refractivity contribution in [3.8, 4) is 28.2 Å². The Morgan fingerprint density at radius 1 is 1.11 bits per heavy atom. The van der Waals surface area contributed by atoms with E-state index in [0.29, 0.717) is 39.9 Å².